The number of allylic oxidation sites excluding steroid dienone is 1. The van der Waals surface area contributed by atoms with Crippen molar-refractivity contribution in [1.29, 1.82) is 0 Å². The lowest BCUT2D eigenvalue weighted by molar-refractivity contribution is -0.121. The number of hydrogen-bond donors (Lipinski definition) is 1. The van der Waals surface area contributed by atoms with Crippen LogP contribution in [0.2, 0.25) is 0 Å². The number of nitrogens with one attached hydrogen (secondary N) is 1. The molecule has 0 aliphatic heterocycles. The van der Waals surface area contributed by atoms with Crippen LogP contribution in [0.15, 0.2) is 29.2 Å². The lowest BCUT2D eigenvalue weighted by Gasteiger charge is -2.24. The first-order valence-corrected chi connectivity index (χ1v) is 8.98. The highest BCUT2D eigenvalue weighted by atomic mass is 32.2. The van der Waals surface area contributed by atoms with Gasteiger partial charge >= 0.3 is 0 Å². The molecule has 0 unspecified atom stereocenters. The van der Waals surface area contributed by atoms with Crippen molar-refractivity contribution in [3.8, 4) is 0 Å². The van der Waals surface area contributed by atoms with Crippen LogP contribution in [-0.2, 0) is 21.2 Å². The Kier molecular flexibility index (Phi) is 5.37. The first kappa shape index (κ1) is 16.7. The number of fused-ring (bicyclic) bond motifs is 1. The Morgan fingerprint density at radius 2 is 1.95 bits per heavy atom. The fraction of sp³-hybridized carbons (Fsp3) is 0.438. The molecule has 120 valence electrons. The van der Waals surface area contributed by atoms with E-state index in [2.05, 4.69) is 5.32 Å². The lowest BCUT2D eigenvalue weighted by Crippen LogP contribution is -2.41. The molecule has 2 rings (SSSR count). The molecule has 5 nitrogen and oxygen atoms in total. The molecular weight excluding hydrogens is 300 g/mol. The smallest absolute Gasteiger partial charge is 0.239 e. The van der Waals surface area contributed by atoms with Crippen molar-refractivity contribution in [2.45, 2.75) is 26.7 Å². The van der Waals surface area contributed by atoms with Crippen molar-refractivity contribution >= 4 is 22.0 Å². The van der Waals surface area contributed by atoms with Crippen LogP contribution in [0.5, 0.6) is 0 Å². The third-order valence-electron chi connectivity index (χ3n) is 3.73. The highest BCUT2D eigenvalue weighted by Crippen LogP contribution is 2.28. The number of carbonyl (C=O) groups is 1. The molecule has 0 bridgehead atoms. The summed E-state index contributed by atoms with van der Waals surface area (Å²) in [6.07, 6.45) is 2.92. The monoisotopic (exact) mass is 322 g/mol. The van der Waals surface area contributed by atoms with Crippen LogP contribution in [0.3, 0.4) is 0 Å². The van der Waals surface area contributed by atoms with Crippen LogP contribution in [-0.4, -0.2) is 38.3 Å². The molecule has 0 radical (unpaired) electrons. The zero-order valence-electron chi connectivity index (χ0n) is 13.0. The van der Waals surface area contributed by atoms with Crippen molar-refractivity contribution in [2.75, 3.05) is 19.6 Å². The molecule has 1 N–H and O–H groups in total. The number of amides is 1. The van der Waals surface area contributed by atoms with Gasteiger partial charge in [-0.2, -0.15) is 4.31 Å². The molecule has 0 saturated heterocycles. The zero-order valence-corrected chi connectivity index (χ0v) is 13.8. The van der Waals surface area contributed by atoms with Gasteiger partial charge < -0.3 is 5.32 Å². The Bertz CT molecular complexity index is 680. The van der Waals surface area contributed by atoms with E-state index in [0.717, 1.165) is 11.1 Å². The predicted octanol–water partition coefficient (Wildman–Crippen LogP) is 1.76. The normalized spacial score (nSPS) is 14.4. The SMILES string of the molecule is CCNC(=O)CN(CC)S(=O)(=O)C1=Cc2ccccc2CC1. The molecule has 0 heterocycles. The highest BCUT2D eigenvalue weighted by molar-refractivity contribution is 7.93. The first-order chi connectivity index (χ1) is 10.5. The van der Waals surface area contributed by atoms with Crippen molar-refractivity contribution in [2.24, 2.45) is 0 Å². The average Bonchev–Trinajstić information content (AvgIpc) is 2.52. The van der Waals surface area contributed by atoms with Gasteiger partial charge in [-0.3, -0.25) is 4.79 Å². The van der Waals surface area contributed by atoms with E-state index in [4.69, 9.17) is 0 Å². The van der Waals surface area contributed by atoms with E-state index in [9.17, 15) is 13.2 Å². The third-order valence-corrected chi connectivity index (χ3v) is 5.78. The summed E-state index contributed by atoms with van der Waals surface area (Å²) in [7, 11) is -3.60. The molecule has 6 heteroatoms. The summed E-state index contributed by atoms with van der Waals surface area (Å²) in [5.74, 6) is -0.273. The summed E-state index contributed by atoms with van der Waals surface area (Å²) >= 11 is 0. The van der Waals surface area contributed by atoms with Gasteiger partial charge in [0.05, 0.1) is 11.4 Å². The minimum atomic E-state index is -3.60. The van der Waals surface area contributed by atoms with Gasteiger partial charge in [0, 0.05) is 13.1 Å². The maximum atomic E-state index is 12.7. The Morgan fingerprint density at radius 3 is 2.64 bits per heavy atom. The predicted molar refractivity (Wildman–Crippen MR) is 87.6 cm³/mol. The number of hydrogen-bond acceptors (Lipinski definition) is 3. The van der Waals surface area contributed by atoms with E-state index >= 15 is 0 Å². The molecule has 1 aromatic carbocycles. The molecule has 0 aromatic heterocycles. The van der Waals surface area contributed by atoms with Crippen LogP contribution in [0.1, 0.15) is 31.4 Å². The van der Waals surface area contributed by atoms with E-state index in [0.29, 0.717) is 24.3 Å². The van der Waals surface area contributed by atoms with Crippen LogP contribution in [0.4, 0.5) is 0 Å². The van der Waals surface area contributed by atoms with Gasteiger partial charge in [0.25, 0.3) is 0 Å². The minimum Gasteiger partial charge on any atom is -0.355 e. The molecule has 1 aliphatic carbocycles. The summed E-state index contributed by atoms with van der Waals surface area (Å²) in [6, 6.07) is 7.79. The minimum absolute atomic E-state index is 0.133. The molecule has 1 aromatic rings. The standard InChI is InChI=1S/C16H22N2O3S/c1-3-17-16(19)12-18(4-2)22(20,21)15-10-9-13-7-5-6-8-14(13)11-15/h5-8,11H,3-4,9-10,12H2,1-2H3,(H,17,19). The maximum Gasteiger partial charge on any atom is 0.239 e. The van der Waals surface area contributed by atoms with Crippen molar-refractivity contribution in [3.05, 3.63) is 40.3 Å². The van der Waals surface area contributed by atoms with Crippen LogP contribution < -0.4 is 5.32 Å². The van der Waals surface area contributed by atoms with E-state index in [-0.39, 0.29) is 19.0 Å². The van der Waals surface area contributed by atoms with Gasteiger partial charge in [-0.25, -0.2) is 8.42 Å². The second kappa shape index (κ2) is 7.07. The molecule has 0 fully saturated rings. The Balaban J connectivity index is 2.26. The molecule has 0 saturated carbocycles. The van der Waals surface area contributed by atoms with Crippen LogP contribution >= 0.6 is 0 Å². The fourth-order valence-electron chi connectivity index (χ4n) is 2.56. The summed E-state index contributed by atoms with van der Waals surface area (Å²) in [4.78, 5) is 12.1. The van der Waals surface area contributed by atoms with E-state index < -0.39 is 10.0 Å². The number of benzene rings is 1. The van der Waals surface area contributed by atoms with Crippen molar-refractivity contribution in [1.82, 2.24) is 9.62 Å². The quantitative estimate of drug-likeness (QED) is 0.868. The van der Waals surface area contributed by atoms with Crippen LogP contribution in [0.25, 0.3) is 6.08 Å². The van der Waals surface area contributed by atoms with Gasteiger partial charge in [-0.15, -0.1) is 0 Å². The summed E-state index contributed by atoms with van der Waals surface area (Å²) in [5, 5.41) is 2.64. The highest BCUT2D eigenvalue weighted by Gasteiger charge is 2.28. The van der Waals surface area contributed by atoms with Crippen molar-refractivity contribution < 1.29 is 13.2 Å². The maximum absolute atomic E-state index is 12.7. The van der Waals surface area contributed by atoms with E-state index in [1.807, 2.05) is 31.2 Å². The molecular formula is C16H22N2O3S. The second-order valence-corrected chi connectivity index (χ2v) is 7.19. The number of rotatable bonds is 6. The lowest BCUT2D eigenvalue weighted by atomic mass is 9.98. The van der Waals surface area contributed by atoms with E-state index in [1.165, 1.54) is 4.31 Å². The molecule has 0 spiro atoms. The Hall–Kier alpha value is -1.66. The van der Waals surface area contributed by atoms with Crippen molar-refractivity contribution in [3.63, 3.8) is 0 Å². The molecule has 0 atom stereocenters. The van der Waals surface area contributed by atoms with Gasteiger partial charge in [0.1, 0.15) is 0 Å². The summed E-state index contributed by atoms with van der Waals surface area (Å²) < 4.78 is 26.7. The fourth-order valence-corrected chi connectivity index (χ4v) is 4.15. The Morgan fingerprint density at radius 1 is 1.23 bits per heavy atom. The molecule has 1 aliphatic rings. The topological polar surface area (TPSA) is 66.5 Å². The zero-order chi connectivity index (χ0) is 16.2. The van der Waals surface area contributed by atoms with Crippen LogP contribution in [0, 0.1) is 0 Å². The molecule has 1 amide bonds. The number of carbonyl (C=O) groups excluding carboxylic acids is 1. The first-order valence-electron chi connectivity index (χ1n) is 7.54. The van der Waals surface area contributed by atoms with Gasteiger partial charge in [-0.1, -0.05) is 31.2 Å². The summed E-state index contributed by atoms with van der Waals surface area (Å²) in [5.41, 5.74) is 2.11. The number of aryl methyl sites for hydroxylation is 1. The second-order valence-electron chi connectivity index (χ2n) is 5.19. The average molecular weight is 322 g/mol. The number of nitrogens with zero attached hydrogens (tertiary/aromatic N) is 1. The Labute approximate surface area is 132 Å². The largest absolute Gasteiger partial charge is 0.355 e. The molecule has 22 heavy (non-hydrogen) atoms. The number of likely N-dealkylation sites (N-methyl/N-ethyl adjacent to an activating group) is 2. The third kappa shape index (κ3) is 3.56. The number of sulfonamides is 1. The van der Waals surface area contributed by atoms with Gasteiger partial charge in [0.15, 0.2) is 0 Å². The van der Waals surface area contributed by atoms with Gasteiger partial charge in [0.2, 0.25) is 15.9 Å². The van der Waals surface area contributed by atoms with E-state index in [1.54, 1.807) is 13.0 Å². The summed E-state index contributed by atoms with van der Waals surface area (Å²) in [6.45, 7) is 4.19. The van der Waals surface area contributed by atoms with Gasteiger partial charge in [-0.05, 0) is 37.0 Å².